The standard InChI is InChI=1S/C13H18N2O2S.C4H4O4/c1-2-10(1)8-16-11-12(15-18-14-11)17-13-5-3-9(7-13)4-6-13;5-3(6)1-2-4(7)8/h9-10H,1-8H2;1-2H,(H,5,6)(H,7,8)/b;2-1-. The molecule has 1 aromatic heterocycles. The molecule has 3 aliphatic rings. The van der Waals surface area contributed by atoms with Crippen molar-refractivity contribution in [3.63, 3.8) is 0 Å². The minimum absolute atomic E-state index is 0.0537. The van der Waals surface area contributed by atoms with Gasteiger partial charge in [0.15, 0.2) is 0 Å². The largest absolute Gasteiger partial charge is 0.478 e. The maximum absolute atomic E-state index is 9.55. The summed E-state index contributed by atoms with van der Waals surface area (Å²) in [4.78, 5) is 19.1. The summed E-state index contributed by atoms with van der Waals surface area (Å²) in [6.07, 6.45) is 9.89. The fourth-order valence-electron chi connectivity index (χ4n) is 3.43. The molecule has 2 bridgehead atoms. The first kappa shape index (κ1) is 18.6. The zero-order valence-electron chi connectivity index (χ0n) is 14.3. The second-order valence-electron chi connectivity index (χ2n) is 7.07. The van der Waals surface area contributed by atoms with Gasteiger partial charge in [-0.05, 0) is 56.8 Å². The van der Waals surface area contributed by atoms with Crippen molar-refractivity contribution in [3.05, 3.63) is 12.2 Å². The van der Waals surface area contributed by atoms with Crippen LogP contribution in [0.4, 0.5) is 0 Å². The molecule has 4 rings (SSSR count). The Labute approximate surface area is 155 Å². The molecule has 3 saturated carbocycles. The number of ether oxygens (including phenoxy) is 2. The van der Waals surface area contributed by atoms with Gasteiger partial charge in [-0.1, -0.05) is 0 Å². The minimum atomic E-state index is -1.26. The average Bonchev–Trinajstić information content (AvgIpc) is 3.02. The van der Waals surface area contributed by atoms with Gasteiger partial charge in [-0.3, -0.25) is 0 Å². The fraction of sp³-hybridized carbons (Fsp3) is 0.647. The highest BCUT2D eigenvalue weighted by Crippen LogP contribution is 2.50. The van der Waals surface area contributed by atoms with Gasteiger partial charge < -0.3 is 19.7 Å². The van der Waals surface area contributed by atoms with E-state index in [0.717, 1.165) is 18.4 Å². The number of hydrogen-bond acceptors (Lipinski definition) is 7. The van der Waals surface area contributed by atoms with Crippen molar-refractivity contribution in [2.75, 3.05) is 6.61 Å². The van der Waals surface area contributed by atoms with Crippen molar-refractivity contribution >= 4 is 23.7 Å². The molecule has 8 nitrogen and oxygen atoms in total. The van der Waals surface area contributed by atoms with Gasteiger partial charge in [-0.25, -0.2) is 9.59 Å². The lowest BCUT2D eigenvalue weighted by Crippen LogP contribution is -2.30. The quantitative estimate of drug-likeness (QED) is 0.691. The van der Waals surface area contributed by atoms with Crippen molar-refractivity contribution < 1.29 is 29.3 Å². The summed E-state index contributed by atoms with van der Waals surface area (Å²) in [6.45, 7) is 0.775. The summed E-state index contributed by atoms with van der Waals surface area (Å²) >= 11 is 1.19. The fourth-order valence-corrected chi connectivity index (χ4v) is 3.87. The van der Waals surface area contributed by atoms with Crippen molar-refractivity contribution in [3.8, 4) is 11.8 Å². The minimum Gasteiger partial charge on any atom is -0.478 e. The van der Waals surface area contributed by atoms with Gasteiger partial charge in [0, 0.05) is 12.2 Å². The molecular weight excluding hydrogens is 360 g/mol. The molecule has 0 aromatic carbocycles. The van der Waals surface area contributed by atoms with Gasteiger partial charge in [0.05, 0.1) is 18.3 Å². The predicted molar refractivity (Wildman–Crippen MR) is 92.5 cm³/mol. The first-order chi connectivity index (χ1) is 12.5. The molecule has 2 N–H and O–H groups in total. The van der Waals surface area contributed by atoms with E-state index < -0.39 is 11.9 Å². The van der Waals surface area contributed by atoms with E-state index >= 15 is 0 Å². The van der Waals surface area contributed by atoms with Crippen LogP contribution in [-0.2, 0) is 9.59 Å². The smallest absolute Gasteiger partial charge is 0.328 e. The highest BCUT2D eigenvalue weighted by atomic mass is 32.1. The maximum atomic E-state index is 9.55. The van der Waals surface area contributed by atoms with Crippen LogP contribution in [0.25, 0.3) is 0 Å². The van der Waals surface area contributed by atoms with Crippen molar-refractivity contribution in [2.24, 2.45) is 11.8 Å². The summed E-state index contributed by atoms with van der Waals surface area (Å²) < 4.78 is 20.4. The van der Waals surface area contributed by atoms with Crippen LogP contribution < -0.4 is 9.47 Å². The Morgan fingerprint density at radius 3 is 2.19 bits per heavy atom. The lowest BCUT2D eigenvalue weighted by molar-refractivity contribution is -0.134. The molecule has 3 aliphatic carbocycles. The van der Waals surface area contributed by atoms with E-state index in [1.807, 2.05) is 0 Å². The number of nitrogens with zero attached hydrogens (tertiary/aromatic N) is 2. The molecule has 0 spiro atoms. The molecular formula is C17H22N2O6S. The van der Waals surface area contributed by atoms with Crippen LogP contribution in [0.15, 0.2) is 12.2 Å². The highest BCUT2D eigenvalue weighted by molar-refractivity contribution is 6.99. The third kappa shape index (κ3) is 5.17. The second kappa shape index (κ2) is 8.03. The van der Waals surface area contributed by atoms with Crippen LogP contribution >= 0.6 is 11.7 Å². The Bertz CT molecular complexity index is 661. The van der Waals surface area contributed by atoms with E-state index in [0.29, 0.717) is 23.9 Å². The molecule has 1 heterocycles. The number of carbonyl (C=O) groups is 2. The second-order valence-corrected chi connectivity index (χ2v) is 7.60. The molecule has 0 aliphatic heterocycles. The number of carboxylic acids is 2. The molecule has 9 heteroatoms. The predicted octanol–water partition coefficient (Wildman–Crippen LogP) is 2.75. The molecule has 26 heavy (non-hydrogen) atoms. The third-order valence-corrected chi connectivity index (χ3v) is 5.44. The molecule has 3 fully saturated rings. The van der Waals surface area contributed by atoms with E-state index in [1.54, 1.807) is 0 Å². The summed E-state index contributed by atoms with van der Waals surface area (Å²) in [5.74, 6) is 0.368. The van der Waals surface area contributed by atoms with Crippen LogP contribution in [0.1, 0.15) is 44.9 Å². The zero-order valence-corrected chi connectivity index (χ0v) is 15.1. The SMILES string of the molecule is C1CC1COc1nsnc1OC12CCC(CC1)C2.O=C(O)/C=C\C(=O)O. The van der Waals surface area contributed by atoms with E-state index in [-0.39, 0.29) is 5.60 Å². The molecule has 0 amide bonds. The Hall–Kier alpha value is -2.16. The van der Waals surface area contributed by atoms with E-state index in [1.165, 1.54) is 56.7 Å². The Morgan fingerprint density at radius 2 is 1.69 bits per heavy atom. The Kier molecular flexibility index (Phi) is 5.75. The molecule has 0 unspecified atom stereocenters. The van der Waals surface area contributed by atoms with E-state index in [2.05, 4.69) is 8.75 Å². The van der Waals surface area contributed by atoms with Crippen molar-refractivity contribution in [1.29, 1.82) is 0 Å². The number of aliphatic carboxylic acids is 2. The highest BCUT2D eigenvalue weighted by Gasteiger charge is 2.47. The lowest BCUT2D eigenvalue weighted by Gasteiger charge is -2.26. The number of aromatic nitrogens is 2. The monoisotopic (exact) mass is 382 g/mol. The molecule has 142 valence electrons. The normalized spacial score (nSPS) is 26.4. The lowest BCUT2D eigenvalue weighted by atomic mass is 9.97. The Morgan fingerprint density at radius 1 is 1.08 bits per heavy atom. The van der Waals surface area contributed by atoms with Gasteiger partial charge in [0.2, 0.25) is 0 Å². The third-order valence-electron chi connectivity index (χ3n) is 4.94. The van der Waals surface area contributed by atoms with E-state index in [4.69, 9.17) is 19.7 Å². The average molecular weight is 382 g/mol. The summed E-state index contributed by atoms with van der Waals surface area (Å²) in [7, 11) is 0. The maximum Gasteiger partial charge on any atom is 0.328 e. The van der Waals surface area contributed by atoms with Gasteiger partial charge in [-0.2, -0.15) is 0 Å². The van der Waals surface area contributed by atoms with Gasteiger partial charge in [-0.15, -0.1) is 8.75 Å². The topological polar surface area (TPSA) is 119 Å². The number of fused-ring (bicyclic) bond motifs is 2. The van der Waals surface area contributed by atoms with E-state index in [9.17, 15) is 9.59 Å². The molecule has 0 radical (unpaired) electrons. The zero-order chi connectivity index (χ0) is 18.6. The number of carboxylic acid groups (broad SMARTS) is 2. The Balaban J connectivity index is 0.000000211. The molecule has 0 atom stereocenters. The summed E-state index contributed by atoms with van der Waals surface area (Å²) in [5, 5.41) is 15.6. The van der Waals surface area contributed by atoms with Gasteiger partial charge in [0.1, 0.15) is 5.60 Å². The van der Waals surface area contributed by atoms with Gasteiger partial charge >= 0.3 is 11.9 Å². The van der Waals surface area contributed by atoms with Crippen LogP contribution in [0.3, 0.4) is 0 Å². The van der Waals surface area contributed by atoms with Gasteiger partial charge in [0.25, 0.3) is 11.8 Å². The van der Waals surface area contributed by atoms with Crippen molar-refractivity contribution in [2.45, 2.75) is 50.5 Å². The number of rotatable bonds is 7. The first-order valence-electron chi connectivity index (χ1n) is 8.74. The molecule has 0 saturated heterocycles. The first-order valence-corrected chi connectivity index (χ1v) is 9.47. The van der Waals surface area contributed by atoms with Crippen LogP contribution in [0, 0.1) is 11.8 Å². The summed E-state index contributed by atoms with van der Waals surface area (Å²) in [6, 6.07) is 0. The van der Waals surface area contributed by atoms with Crippen LogP contribution in [0.5, 0.6) is 11.8 Å². The molecule has 1 aromatic rings. The van der Waals surface area contributed by atoms with Crippen LogP contribution in [-0.4, -0.2) is 43.1 Å². The van der Waals surface area contributed by atoms with Crippen molar-refractivity contribution in [1.82, 2.24) is 8.75 Å². The van der Waals surface area contributed by atoms with Crippen LogP contribution in [0.2, 0.25) is 0 Å². The summed E-state index contributed by atoms with van der Waals surface area (Å²) in [5.41, 5.74) is 0.0537. The number of hydrogen-bond donors (Lipinski definition) is 2.